The number of carbonyl (C=O) groups excluding carboxylic acids is 2. The van der Waals surface area contributed by atoms with E-state index in [0.29, 0.717) is 36.6 Å². The fraction of sp³-hybridized carbons (Fsp3) is 0.333. The van der Waals surface area contributed by atoms with Crippen molar-refractivity contribution >= 4 is 11.8 Å². The third kappa shape index (κ3) is 4.79. The van der Waals surface area contributed by atoms with Gasteiger partial charge in [0.25, 0.3) is 5.91 Å². The van der Waals surface area contributed by atoms with E-state index in [2.05, 4.69) is 0 Å². The first kappa shape index (κ1) is 19.7. The van der Waals surface area contributed by atoms with Crippen LogP contribution in [-0.4, -0.2) is 43.0 Å². The molecule has 0 bridgehead atoms. The van der Waals surface area contributed by atoms with Crippen LogP contribution in [0.2, 0.25) is 0 Å². The summed E-state index contributed by atoms with van der Waals surface area (Å²) in [5, 5.41) is 0. The topological polar surface area (TPSA) is 81.9 Å². The van der Waals surface area contributed by atoms with Gasteiger partial charge in [-0.2, -0.15) is 0 Å². The van der Waals surface area contributed by atoms with E-state index in [9.17, 15) is 14.0 Å². The molecule has 1 aliphatic heterocycles. The predicted octanol–water partition coefficient (Wildman–Crippen LogP) is 2.62. The first-order valence-electron chi connectivity index (χ1n) is 9.10. The average molecular weight is 386 g/mol. The molecule has 0 radical (unpaired) electrons. The van der Waals surface area contributed by atoms with Crippen molar-refractivity contribution in [1.82, 2.24) is 4.90 Å². The predicted molar refractivity (Wildman–Crippen MR) is 102 cm³/mol. The van der Waals surface area contributed by atoms with Crippen LogP contribution < -0.4 is 15.2 Å². The summed E-state index contributed by atoms with van der Waals surface area (Å²) in [6.07, 6.45) is 0.367. The molecule has 148 valence electrons. The Labute approximate surface area is 163 Å². The second-order valence-electron chi connectivity index (χ2n) is 6.81. The van der Waals surface area contributed by atoms with E-state index in [0.717, 1.165) is 0 Å². The molecule has 1 saturated heterocycles. The minimum atomic E-state index is -0.451. The summed E-state index contributed by atoms with van der Waals surface area (Å²) in [4.78, 5) is 26.1. The van der Waals surface area contributed by atoms with Gasteiger partial charge in [-0.15, -0.1) is 0 Å². The molecule has 2 amide bonds. The highest BCUT2D eigenvalue weighted by Gasteiger charge is 2.34. The van der Waals surface area contributed by atoms with Gasteiger partial charge in [0, 0.05) is 37.4 Å². The van der Waals surface area contributed by atoms with E-state index in [1.807, 2.05) is 0 Å². The van der Waals surface area contributed by atoms with Crippen LogP contribution in [0, 0.1) is 11.7 Å². The second-order valence-corrected chi connectivity index (χ2v) is 6.81. The molecule has 2 aromatic rings. The first-order chi connectivity index (χ1) is 13.5. The van der Waals surface area contributed by atoms with Gasteiger partial charge in [-0.25, -0.2) is 4.39 Å². The van der Waals surface area contributed by atoms with Crippen molar-refractivity contribution in [1.29, 1.82) is 0 Å². The fourth-order valence-electron chi connectivity index (χ4n) is 3.43. The van der Waals surface area contributed by atoms with Gasteiger partial charge in [0.1, 0.15) is 23.4 Å². The molecule has 2 atom stereocenters. The zero-order valence-electron chi connectivity index (χ0n) is 15.6. The summed E-state index contributed by atoms with van der Waals surface area (Å²) in [6, 6.07) is 12.7. The Balaban J connectivity index is 1.72. The normalized spacial score (nSPS) is 19.1. The largest absolute Gasteiger partial charge is 0.497 e. The highest BCUT2D eigenvalue weighted by Crippen LogP contribution is 2.27. The Hall–Kier alpha value is -3.09. The lowest BCUT2D eigenvalue weighted by molar-refractivity contribution is -0.120. The molecule has 1 heterocycles. The summed E-state index contributed by atoms with van der Waals surface area (Å²) in [5.41, 5.74) is 5.93. The van der Waals surface area contributed by atoms with Crippen LogP contribution in [0.4, 0.5) is 4.39 Å². The van der Waals surface area contributed by atoms with E-state index in [4.69, 9.17) is 15.2 Å². The van der Waals surface area contributed by atoms with Crippen molar-refractivity contribution in [3.05, 3.63) is 59.9 Å². The third-order valence-corrected chi connectivity index (χ3v) is 4.83. The average Bonchev–Trinajstić information content (AvgIpc) is 2.70. The number of amides is 2. The number of benzene rings is 2. The number of likely N-dealkylation sites (tertiary alicyclic amines) is 1. The Morgan fingerprint density at radius 1 is 1.18 bits per heavy atom. The van der Waals surface area contributed by atoms with Crippen LogP contribution in [0.15, 0.2) is 48.5 Å². The molecule has 3 rings (SSSR count). The van der Waals surface area contributed by atoms with Crippen molar-refractivity contribution in [3.63, 3.8) is 0 Å². The minimum Gasteiger partial charge on any atom is -0.497 e. The lowest BCUT2D eigenvalue weighted by Crippen LogP contribution is -2.49. The maximum Gasteiger partial charge on any atom is 0.254 e. The van der Waals surface area contributed by atoms with E-state index >= 15 is 0 Å². The monoisotopic (exact) mass is 386 g/mol. The molecule has 0 aliphatic carbocycles. The Kier molecular flexibility index (Phi) is 6.13. The van der Waals surface area contributed by atoms with Gasteiger partial charge in [0.05, 0.1) is 7.11 Å². The van der Waals surface area contributed by atoms with Gasteiger partial charge in [-0.05, 0) is 42.5 Å². The van der Waals surface area contributed by atoms with Gasteiger partial charge in [-0.1, -0.05) is 6.07 Å². The number of hydrogen-bond donors (Lipinski definition) is 1. The number of piperidine rings is 1. The van der Waals surface area contributed by atoms with Crippen molar-refractivity contribution in [2.45, 2.75) is 18.9 Å². The van der Waals surface area contributed by atoms with Crippen molar-refractivity contribution in [3.8, 4) is 11.5 Å². The molecule has 1 fully saturated rings. The smallest absolute Gasteiger partial charge is 0.254 e. The van der Waals surface area contributed by atoms with Crippen molar-refractivity contribution < 1.29 is 23.5 Å². The maximum atomic E-state index is 13.1. The van der Waals surface area contributed by atoms with Crippen LogP contribution in [0.5, 0.6) is 11.5 Å². The zero-order chi connectivity index (χ0) is 20.1. The van der Waals surface area contributed by atoms with Crippen LogP contribution in [0.25, 0.3) is 0 Å². The van der Waals surface area contributed by atoms with Crippen molar-refractivity contribution in [2.24, 2.45) is 11.7 Å². The number of methoxy groups -OCH3 is 1. The van der Waals surface area contributed by atoms with Crippen LogP contribution in [-0.2, 0) is 4.79 Å². The molecule has 0 saturated carbocycles. The fourth-order valence-corrected chi connectivity index (χ4v) is 3.43. The minimum absolute atomic E-state index is 0.105. The Bertz CT molecular complexity index is 841. The van der Waals surface area contributed by atoms with E-state index in [1.54, 1.807) is 48.4 Å². The number of hydrogen-bond acceptors (Lipinski definition) is 4. The van der Waals surface area contributed by atoms with Gasteiger partial charge >= 0.3 is 0 Å². The highest BCUT2D eigenvalue weighted by atomic mass is 19.1. The standard InChI is InChI=1S/C21H23FN2O4/c1-27-18-4-2-3-14(11-18)21(26)24-10-9-19(15(13-24)12-20(23)25)28-17-7-5-16(22)6-8-17/h2-8,11,15,19H,9-10,12-13H2,1H3,(H2,23,25)/t15-,19-/m0/s1. The second kappa shape index (κ2) is 8.73. The molecule has 0 spiro atoms. The Morgan fingerprint density at radius 3 is 2.61 bits per heavy atom. The quantitative estimate of drug-likeness (QED) is 0.827. The van der Waals surface area contributed by atoms with Crippen molar-refractivity contribution in [2.75, 3.05) is 20.2 Å². The molecule has 0 unspecified atom stereocenters. The van der Waals surface area contributed by atoms with Crippen LogP contribution in [0.3, 0.4) is 0 Å². The summed E-state index contributed by atoms with van der Waals surface area (Å²) in [5.74, 6) is -0.0462. The maximum absolute atomic E-state index is 13.1. The summed E-state index contributed by atoms with van der Waals surface area (Å²) < 4.78 is 24.2. The number of nitrogens with zero attached hydrogens (tertiary/aromatic N) is 1. The zero-order valence-corrected chi connectivity index (χ0v) is 15.6. The highest BCUT2D eigenvalue weighted by molar-refractivity contribution is 5.94. The molecule has 2 N–H and O–H groups in total. The summed E-state index contributed by atoms with van der Waals surface area (Å²) >= 11 is 0. The first-order valence-corrected chi connectivity index (χ1v) is 9.10. The number of halogens is 1. The molecule has 7 heteroatoms. The van der Waals surface area contributed by atoms with Gasteiger partial charge in [0.2, 0.25) is 5.91 Å². The molecule has 1 aliphatic rings. The van der Waals surface area contributed by atoms with E-state index in [-0.39, 0.29) is 30.2 Å². The van der Waals surface area contributed by atoms with E-state index < -0.39 is 5.91 Å². The molecule has 2 aromatic carbocycles. The summed E-state index contributed by atoms with van der Waals surface area (Å²) in [6.45, 7) is 0.835. The molecule has 6 nitrogen and oxygen atoms in total. The molecular formula is C21H23FN2O4. The molecular weight excluding hydrogens is 363 g/mol. The lowest BCUT2D eigenvalue weighted by Gasteiger charge is -2.38. The summed E-state index contributed by atoms with van der Waals surface area (Å²) in [7, 11) is 1.55. The van der Waals surface area contributed by atoms with Crippen LogP contribution >= 0.6 is 0 Å². The lowest BCUT2D eigenvalue weighted by atomic mass is 9.90. The van der Waals surface area contributed by atoms with Gasteiger partial charge < -0.3 is 20.1 Å². The number of nitrogens with two attached hydrogens (primary N) is 1. The number of carbonyl (C=O) groups is 2. The number of ether oxygens (including phenoxy) is 2. The molecule has 28 heavy (non-hydrogen) atoms. The SMILES string of the molecule is COc1cccc(C(=O)N2CC[C@H](Oc3ccc(F)cc3)[C@@H](CC(N)=O)C2)c1. The van der Waals surface area contributed by atoms with Gasteiger partial charge in [0.15, 0.2) is 0 Å². The van der Waals surface area contributed by atoms with Gasteiger partial charge in [-0.3, -0.25) is 9.59 Å². The van der Waals surface area contributed by atoms with Crippen LogP contribution in [0.1, 0.15) is 23.2 Å². The molecule has 0 aromatic heterocycles. The third-order valence-electron chi connectivity index (χ3n) is 4.83. The number of primary amides is 1. The van der Waals surface area contributed by atoms with E-state index in [1.165, 1.54) is 12.1 Å². The number of rotatable bonds is 6. The Morgan fingerprint density at radius 2 is 1.93 bits per heavy atom.